The molecule has 2 N–H and O–H groups in total. The highest BCUT2D eigenvalue weighted by Crippen LogP contribution is 2.30. The zero-order chi connectivity index (χ0) is 17.4. The van der Waals surface area contributed by atoms with Gasteiger partial charge in [-0.1, -0.05) is 12.1 Å². The van der Waals surface area contributed by atoms with Gasteiger partial charge in [0.25, 0.3) is 0 Å². The molecule has 4 aromatic rings. The average molecular weight is 354 g/mol. The molecule has 0 saturated heterocycles. The number of nitrogen functional groups attached to an aromatic ring is 1. The zero-order valence-electron chi connectivity index (χ0n) is 13.0. The van der Waals surface area contributed by atoms with E-state index >= 15 is 0 Å². The number of imidazole rings is 1. The summed E-state index contributed by atoms with van der Waals surface area (Å²) in [7, 11) is 0. The first-order valence-corrected chi connectivity index (χ1v) is 8.12. The van der Waals surface area contributed by atoms with Crippen LogP contribution in [0, 0.1) is 5.95 Å². The molecule has 0 amide bonds. The molecule has 5 nitrogen and oxygen atoms in total. The number of alkyl halides is 1. The lowest BCUT2D eigenvalue weighted by molar-refractivity contribution is 0.587. The van der Waals surface area contributed by atoms with Gasteiger partial charge >= 0.3 is 0 Å². The Kier molecular flexibility index (Phi) is 3.82. The van der Waals surface area contributed by atoms with Gasteiger partial charge < -0.3 is 5.73 Å². The minimum Gasteiger partial charge on any atom is -0.383 e. The Morgan fingerprint density at radius 1 is 1.04 bits per heavy atom. The van der Waals surface area contributed by atoms with Gasteiger partial charge in [0.15, 0.2) is 11.5 Å². The molecule has 0 unspecified atom stereocenters. The number of benzene rings is 1. The standard InChI is InChI=1S/C18H13ClFN5/c19-10-11-3-5-12(6-4-11)25-17(13-2-1-9-22-16(13)21)23-14-7-8-15(20)24-18(14)25/h1-9H,10H2,(H2,21,22). The smallest absolute Gasteiger partial charge is 0.214 e. The zero-order valence-corrected chi connectivity index (χ0v) is 13.8. The van der Waals surface area contributed by atoms with E-state index in [0.29, 0.717) is 34.2 Å². The van der Waals surface area contributed by atoms with Crippen molar-refractivity contribution in [3.63, 3.8) is 0 Å². The summed E-state index contributed by atoms with van der Waals surface area (Å²) in [6.07, 6.45) is 1.61. The van der Waals surface area contributed by atoms with E-state index in [-0.39, 0.29) is 0 Å². The molecule has 0 atom stereocenters. The third-order valence-corrected chi connectivity index (χ3v) is 4.21. The second-order valence-electron chi connectivity index (χ2n) is 5.48. The van der Waals surface area contributed by atoms with Gasteiger partial charge in [-0.2, -0.15) is 9.37 Å². The summed E-state index contributed by atoms with van der Waals surface area (Å²) >= 11 is 5.86. The maximum Gasteiger partial charge on any atom is 0.214 e. The van der Waals surface area contributed by atoms with Crippen molar-refractivity contribution in [2.45, 2.75) is 5.88 Å². The Hall–Kier alpha value is -2.99. The van der Waals surface area contributed by atoms with E-state index in [4.69, 9.17) is 17.3 Å². The van der Waals surface area contributed by atoms with E-state index < -0.39 is 5.95 Å². The Balaban J connectivity index is 2.03. The summed E-state index contributed by atoms with van der Waals surface area (Å²) < 4.78 is 15.5. The minimum atomic E-state index is -0.572. The fraction of sp³-hybridized carbons (Fsp3) is 0.0556. The molecule has 1 aromatic carbocycles. The topological polar surface area (TPSA) is 69.6 Å². The normalized spacial score (nSPS) is 11.1. The Morgan fingerprint density at radius 3 is 2.56 bits per heavy atom. The molecule has 0 saturated carbocycles. The van der Waals surface area contributed by atoms with Gasteiger partial charge in [0, 0.05) is 17.8 Å². The van der Waals surface area contributed by atoms with Gasteiger partial charge in [-0.3, -0.25) is 4.57 Å². The maximum atomic E-state index is 13.7. The first-order chi connectivity index (χ1) is 12.2. The summed E-state index contributed by atoms with van der Waals surface area (Å²) in [6, 6.07) is 14.1. The van der Waals surface area contributed by atoms with E-state index in [2.05, 4.69) is 15.0 Å². The summed E-state index contributed by atoms with van der Waals surface area (Å²) in [5.41, 5.74) is 9.43. The van der Waals surface area contributed by atoms with Crippen molar-refractivity contribution in [2.75, 3.05) is 5.73 Å². The number of rotatable bonds is 3. The van der Waals surface area contributed by atoms with E-state index in [1.165, 1.54) is 6.07 Å². The molecule has 0 radical (unpaired) electrons. The van der Waals surface area contributed by atoms with Crippen molar-refractivity contribution in [3.8, 4) is 17.1 Å². The highest BCUT2D eigenvalue weighted by Gasteiger charge is 2.18. The number of hydrogen-bond acceptors (Lipinski definition) is 4. The third kappa shape index (κ3) is 2.70. The Labute approximate surface area is 147 Å². The van der Waals surface area contributed by atoms with Gasteiger partial charge in [0.2, 0.25) is 5.95 Å². The van der Waals surface area contributed by atoms with Gasteiger partial charge in [0.1, 0.15) is 11.3 Å². The number of halogens is 2. The number of nitrogens with two attached hydrogens (primary N) is 1. The molecule has 4 rings (SSSR count). The molecular weight excluding hydrogens is 341 g/mol. The van der Waals surface area contributed by atoms with E-state index in [0.717, 1.165) is 11.3 Å². The minimum absolute atomic E-state index is 0.344. The number of aromatic nitrogens is 4. The second-order valence-corrected chi connectivity index (χ2v) is 5.75. The molecule has 7 heteroatoms. The highest BCUT2D eigenvalue weighted by molar-refractivity contribution is 6.17. The lowest BCUT2D eigenvalue weighted by Gasteiger charge is -2.10. The van der Waals surface area contributed by atoms with Crippen molar-refractivity contribution in [3.05, 3.63) is 66.2 Å². The van der Waals surface area contributed by atoms with Crippen LogP contribution in [0.5, 0.6) is 0 Å². The first-order valence-electron chi connectivity index (χ1n) is 7.58. The average Bonchev–Trinajstić information content (AvgIpc) is 3.00. The Bertz CT molecular complexity index is 1060. The van der Waals surface area contributed by atoms with Crippen LogP contribution in [-0.2, 0) is 5.88 Å². The summed E-state index contributed by atoms with van der Waals surface area (Å²) in [5.74, 6) is 0.742. The van der Waals surface area contributed by atoms with Crippen LogP contribution in [0.3, 0.4) is 0 Å². The molecule has 0 bridgehead atoms. The van der Waals surface area contributed by atoms with Crippen molar-refractivity contribution >= 4 is 28.6 Å². The van der Waals surface area contributed by atoms with Crippen LogP contribution >= 0.6 is 11.6 Å². The maximum absolute atomic E-state index is 13.7. The number of pyridine rings is 2. The quantitative estimate of drug-likeness (QED) is 0.447. The van der Waals surface area contributed by atoms with Crippen LogP contribution in [0.2, 0.25) is 0 Å². The third-order valence-electron chi connectivity index (χ3n) is 3.90. The molecule has 3 heterocycles. The summed E-state index contributed by atoms with van der Waals surface area (Å²) in [6.45, 7) is 0. The number of anilines is 1. The van der Waals surface area contributed by atoms with E-state index in [1.807, 2.05) is 30.3 Å². The van der Waals surface area contributed by atoms with Gasteiger partial charge in [0.05, 0.1) is 5.56 Å². The van der Waals surface area contributed by atoms with Crippen LogP contribution in [0.25, 0.3) is 28.2 Å². The predicted octanol–water partition coefficient (Wildman–Crippen LogP) is 3.94. The molecular formula is C18H13ClFN5. The largest absolute Gasteiger partial charge is 0.383 e. The monoisotopic (exact) mass is 353 g/mol. The number of nitrogens with zero attached hydrogens (tertiary/aromatic N) is 4. The van der Waals surface area contributed by atoms with E-state index in [1.54, 1.807) is 22.9 Å². The predicted molar refractivity (Wildman–Crippen MR) is 96.0 cm³/mol. The highest BCUT2D eigenvalue weighted by atomic mass is 35.5. The summed E-state index contributed by atoms with van der Waals surface area (Å²) in [4.78, 5) is 12.7. The molecule has 25 heavy (non-hydrogen) atoms. The fourth-order valence-electron chi connectivity index (χ4n) is 2.70. The Morgan fingerprint density at radius 2 is 1.84 bits per heavy atom. The summed E-state index contributed by atoms with van der Waals surface area (Å²) in [5, 5.41) is 0. The van der Waals surface area contributed by atoms with Crippen molar-refractivity contribution < 1.29 is 4.39 Å². The SMILES string of the molecule is Nc1ncccc1-c1nc2ccc(F)nc2n1-c1ccc(CCl)cc1. The second kappa shape index (κ2) is 6.14. The van der Waals surface area contributed by atoms with Crippen LogP contribution in [-0.4, -0.2) is 19.5 Å². The number of hydrogen-bond donors (Lipinski definition) is 1. The van der Waals surface area contributed by atoms with Crippen molar-refractivity contribution in [1.29, 1.82) is 0 Å². The lowest BCUT2D eigenvalue weighted by atomic mass is 10.2. The lowest BCUT2D eigenvalue weighted by Crippen LogP contribution is -2.02. The molecule has 3 aromatic heterocycles. The van der Waals surface area contributed by atoms with Gasteiger partial charge in [-0.15, -0.1) is 11.6 Å². The molecule has 124 valence electrons. The van der Waals surface area contributed by atoms with Crippen molar-refractivity contribution in [2.24, 2.45) is 0 Å². The van der Waals surface area contributed by atoms with Gasteiger partial charge in [-0.25, -0.2) is 9.97 Å². The van der Waals surface area contributed by atoms with Gasteiger partial charge in [-0.05, 0) is 42.0 Å². The van der Waals surface area contributed by atoms with Crippen LogP contribution in [0.15, 0.2) is 54.7 Å². The molecule has 0 aliphatic rings. The van der Waals surface area contributed by atoms with E-state index in [9.17, 15) is 4.39 Å². The van der Waals surface area contributed by atoms with Crippen LogP contribution < -0.4 is 5.73 Å². The molecule has 0 spiro atoms. The molecule has 0 aliphatic carbocycles. The molecule has 0 fully saturated rings. The molecule has 0 aliphatic heterocycles. The first kappa shape index (κ1) is 15.5. The van der Waals surface area contributed by atoms with Crippen LogP contribution in [0.4, 0.5) is 10.2 Å². The number of fused-ring (bicyclic) bond motifs is 1. The fourth-order valence-corrected chi connectivity index (χ4v) is 2.88. The van der Waals surface area contributed by atoms with Crippen LogP contribution in [0.1, 0.15) is 5.56 Å². The van der Waals surface area contributed by atoms with Crippen molar-refractivity contribution in [1.82, 2.24) is 19.5 Å².